The lowest BCUT2D eigenvalue weighted by molar-refractivity contribution is -0.117. The summed E-state index contributed by atoms with van der Waals surface area (Å²) in [5.74, 6) is 0.648. The van der Waals surface area contributed by atoms with Crippen molar-refractivity contribution in [2.45, 2.75) is 114 Å². The fourth-order valence-corrected chi connectivity index (χ4v) is 7.76. The summed E-state index contributed by atoms with van der Waals surface area (Å²) in [7, 11) is -1.92. The van der Waals surface area contributed by atoms with Gasteiger partial charge >= 0.3 is 5.97 Å². The largest absolute Gasteiger partial charge is 0.461 e. The second kappa shape index (κ2) is 14.3. The lowest BCUT2D eigenvalue weighted by Gasteiger charge is -2.39. The van der Waals surface area contributed by atoms with Gasteiger partial charge in [0, 0.05) is 29.3 Å². The number of hydrogen-bond acceptors (Lipinski definition) is 7. The molecule has 1 saturated heterocycles. The second-order valence-corrected chi connectivity index (χ2v) is 18.7. The highest BCUT2D eigenvalue weighted by Crippen LogP contribution is 2.41. The van der Waals surface area contributed by atoms with Crippen molar-refractivity contribution >= 4 is 49.0 Å². The zero-order valence-corrected chi connectivity index (χ0v) is 27.4. The maximum Gasteiger partial charge on any atom is 0.357 e. The molecule has 0 spiro atoms. The summed E-state index contributed by atoms with van der Waals surface area (Å²) in [6.07, 6.45) is 6.99. The molecule has 1 aliphatic heterocycles. The second-order valence-electron chi connectivity index (χ2n) is 11.8. The Morgan fingerprint density at radius 1 is 1.21 bits per heavy atom. The van der Waals surface area contributed by atoms with Crippen LogP contribution in [0.4, 0.5) is 5.69 Å². The predicted octanol–water partition coefficient (Wildman–Crippen LogP) is 8.64. The van der Waals surface area contributed by atoms with Crippen LogP contribution >= 0.6 is 23.1 Å². The normalized spacial score (nSPS) is 17.1. The number of aromatic nitrogens is 1. The molecule has 0 saturated carbocycles. The van der Waals surface area contributed by atoms with E-state index in [0.717, 1.165) is 41.5 Å². The van der Waals surface area contributed by atoms with Crippen LogP contribution in [0.3, 0.4) is 0 Å². The van der Waals surface area contributed by atoms with Gasteiger partial charge in [-0.15, -0.1) is 11.3 Å². The fourth-order valence-electron chi connectivity index (χ4n) is 4.53. The minimum absolute atomic E-state index is 0.0887. The summed E-state index contributed by atoms with van der Waals surface area (Å²) in [4.78, 5) is 31.1. The van der Waals surface area contributed by atoms with Crippen LogP contribution in [0.25, 0.3) is 0 Å². The summed E-state index contributed by atoms with van der Waals surface area (Å²) in [5, 5.41) is 1.90. The van der Waals surface area contributed by atoms with Gasteiger partial charge in [0.1, 0.15) is 0 Å². The number of hydrogen-bond donors (Lipinski definition) is 0. The maximum absolute atomic E-state index is 12.9. The van der Waals surface area contributed by atoms with Crippen molar-refractivity contribution in [1.82, 2.24) is 4.98 Å². The van der Waals surface area contributed by atoms with E-state index in [1.807, 2.05) is 4.90 Å². The minimum Gasteiger partial charge on any atom is -0.461 e. The molecule has 1 unspecified atom stereocenters. The molecule has 1 fully saturated rings. The molecule has 0 N–H and O–H groups in total. The van der Waals surface area contributed by atoms with Crippen LogP contribution in [0.5, 0.6) is 0 Å². The zero-order valence-electron chi connectivity index (χ0n) is 24.7. The highest BCUT2D eigenvalue weighted by atomic mass is 32.2. The van der Waals surface area contributed by atoms with Gasteiger partial charge in [0.05, 0.1) is 12.7 Å². The van der Waals surface area contributed by atoms with Crippen molar-refractivity contribution in [2.75, 3.05) is 17.3 Å². The van der Waals surface area contributed by atoms with Gasteiger partial charge in [-0.2, -0.15) is 0 Å². The molecule has 39 heavy (non-hydrogen) atoms. The smallest absolute Gasteiger partial charge is 0.357 e. The van der Waals surface area contributed by atoms with Gasteiger partial charge in [-0.3, -0.25) is 4.79 Å². The molecule has 1 aliphatic rings. The van der Waals surface area contributed by atoms with Crippen LogP contribution < -0.4 is 4.90 Å². The zero-order chi connectivity index (χ0) is 28.6. The molecular formula is C30H46N2O4S2Si. The summed E-state index contributed by atoms with van der Waals surface area (Å²) in [6.45, 7) is 15.9. The summed E-state index contributed by atoms with van der Waals surface area (Å²) in [5.41, 5.74) is 2.54. The monoisotopic (exact) mass is 590 g/mol. The van der Waals surface area contributed by atoms with E-state index < -0.39 is 8.32 Å². The minimum atomic E-state index is -1.92. The molecule has 1 aromatic heterocycles. The summed E-state index contributed by atoms with van der Waals surface area (Å²) in [6, 6.07) is 8.72. The van der Waals surface area contributed by atoms with E-state index in [0.29, 0.717) is 18.7 Å². The number of anilines is 1. The quantitative estimate of drug-likeness (QED) is 0.0949. The number of nitrogens with zero attached hydrogens (tertiary/aromatic N) is 2. The summed E-state index contributed by atoms with van der Waals surface area (Å²) >= 11 is 3.10. The van der Waals surface area contributed by atoms with Crippen LogP contribution in [0, 0.1) is 0 Å². The first kappa shape index (κ1) is 31.8. The average Bonchev–Trinajstić information content (AvgIpc) is 3.50. The van der Waals surface area contributed by atoms with Crippen LogP contribution in [0.2, 0.25) is 18.1 Å². The van der Waals surface area contributed by atoms with E-state index in [2.05, 4.69) is 70.0 Å². The van der Waals surface area contributed by atoms with Gasteiger partial charge in [-0.05, 0) is 62.0 Å². The van der Waals surface area contributed by atoms with Gasteiger partial charge < -0.3 is 14.1 Å². The third kappa shape index (κ3) is 8.65. The number of benzene rings is 1. The first-order valence-electron chi connectivity index (χ1n) is 14.3. The molecule has 9 heteroatoms. The van der Waals surface area contributed by atoms with E-state index in [1.54, 1.807) is 24.1 Å². The van der Waals surface area contributed by atoms with Crippen molar-refractivity contribution in [3.05, 3.63) is 40.9 Å². The summed E-state index contributed by atoms with van der Waals surface area (Å²) < 4.78 is 12.8. The van der Waals surface area contributed by atoms with Crippen molar-refractivity contribution < 1.29 is 18.8 Å². The Bertz CT molecular complexity index is 1080. The number of thiazole rings is 1. The van der Waals surface area contributed by atoms with Crippen LogP contribution in [0.1, 0.15) is 102 Å². The number of unbranched alkanes of at least 4 members (excludes halogenated alkanes) is 2. The van der Waals surface area contributed by atoms with Crippen molar-refractivity contribution in [2.24, 2.45) is 0 Å². The van der Waals surface area contributed by atoms with Gasteiger partial charge in [-0.25, -0.2) is 9.78 Å². The molecule has 2 atom stereocenters. The van der Waals surface area contributed by atoms with Gasteiger partial charge in [0.25, 0.3) is 0 Å². The lowest BCUT2D eigenvalue weighted by atomic mass is 10.0. The number of rotatable bonds is 14. The highest BCUT2D eigenvalue weighted by molar-refractivity contribution is 8.01. The van der Waals surface area contributed by atoms with Crippen molar-refractivity contribution in [3.8, 4) is 0 Å². The van der Waals surface area contributed by atoms with Crippen LogP contribution in [-0.2, 0) is 14.0 Å². The third-order valence-corrected chi connectivity index (χ3v) is 14.4. The molecular weight excluding hydrogens is 545 g/mol. The molecule has 0 aliphatic carbocycles. The van der Waals surface area contributed by atoms with E-state index >= 15 is 0 Å². The number of amides is 1. The molecule has 216 valence electrons. The number of esters is 1. The van der Waals surface area contributed by atoms with E-state index in [4.69, 9.17) is 9.16 Å². The molecule has 6 nitrogen and oxygen atoms in total. The topological polar surface area (TPSA) is 68.7 Å². The fraction of sp³-hybridized carbons (Fsp3) is 0.633. The van der Waals surface area contributed by atoms with Crippen molar-refractivity contribution in [1.29, 1.82) is 0 Å². The first-order chi connectivity index (χ1) is 18.5. The van der Waals surface area contributed by atoms with Gasteiger partial charge in [0.15, 0.2) is 18.4 Å². The number of ether oxygens (including phenoxy) is 1. The number of carbonyl (C=O) groups excluding carboxylic acids is 2. The Labute approximate surface area is 244 Å². The Balaban J connectivity index is 1.66. The molecule has 1 aromatic carbocycles. The average molecular weight is 591 g/mol. The van der Waals surface area contributed by atoms with Crippen LogP contribution in [-0.4, -0.2) is 43.6 Å². The maximum atomic E-state index is 12.9. The molecule has 2 aromatic rings. The Kier molecular flexibility index (Phi) is 11.7. The van der Waals surface area contributed by atoms with Crippen molar-refractivity contribution in [3.63, 3.8) is 0 Å². The number of carbonyl (C=O) groups is 2. The highest BCUT2D eigenvalue weighted by Gasteiger charge is 2.39. The van der Waals surface area contributed by atoms with Gasteiger partial charge in [0.2, 0.25) is 5.91 Å². The van der Waals surface area contributed by atoms with Gasteiger partial charge in [-0.1, -0.05) is 70.9 Å². The molecule has 0 bridgehead atoms. The first-order valence-corrected chi connectivity index (χ1v) is 19.1. The Morgan fingerprint density at radius 3 is 2.56 bits per heavy atom. The van der Waals surface area contributed by atoms with Crippen LogP contribution in [0.15, 0.2) is 34.0 Å². The molecule has 3 rings (SSSR count). The van der Waals surface area contributed by atoms with E-state index in [-0.39, 0.29) is 29.1 Å². The lowest BCUT2D eigenvalue weighted by Crippen LogP contribution is -2.41. The SMILES string of the molecule is CCCCCC(O[Si](C)(C)C(C)(C)C)c1ccc(N2C(=O)CC[C@@H]2CCSc2nc(C(=O)OCC)cs2)cc1. The number of thioether (sulfide) groups is 1. The third-order valence-electron chi connectivity index (χ3n) is 7.83. The molecule has 2 heterocycles. The molecule has 1 amide bonds. The Hall–Kier alpha value is -1.68. The van der Waals surface area contributed by atoms with E-state index in [9.17, 15) is 9.59 Å². The predicted molar refractivity (Wildman–Crippen MR) is 166 cm³/mol. The van der Waals surface area contributed by atoms with E-state index in [1.165, 1.54) is 29.7 Å². The standard InChI is InChI=1S/C30H46N2O4S2Si/c1-8-10-11-12-26(36-39(6,7)30(3,4)5)22-13-15-23(16-14-22)32-24(17-18-27(32)33)19-20-37-29-31-25(21-38-29)28(34)35-9-2/h13-16,21,24,26H,8-12,17-20H2,1-7H3/t24-,26?/m1/s1. The molecule has 0 radical (unpaired) electrons. The Morgan fingerprint density at radius 2 is 1.92 bits per heavy atom.